The first kappa shape index (κ1) is 10.3. The molecule has 0 aliphatic rings. The Morgan fingerprint density at radius 1 is 1.23 bits per heavy atom. The zero-order valence-electron chi connectivity index (χ0n) is 9.04. The molecule has 1 heteroatoms. The number of benzene rings is 1. The standard InChI is InChI=1S/C12H19N/c1-5-11-8-6-7-9-12(11)10(2)13(3)4/h6-10H,5H2,1-4H3. The fourth-order valence-electron chi connectivity index (χ4n) is 1.54. The number of hydrogen-bond acceptors (Lipinski definition) is 1. The highest BCUT2D eigenvalue weighted by atomic mass is 15.1. The molecule has 1 unspecified atom stereocenters. The number of nitrogens with zero attached hydrogens (tertiary/aromatic N) is 1. The van der Waals surface area contributed by atoms with Gasteiger partial charge in [-0.15, -0.1) is 0 Å². The summed E-state index contributed by atoms with van der Waals surface area (Å²) in [5.41, 5.74) is 2.92. The number of rotatable bonds is 3. The van der Waals surface area contributed by atoms with Crippen LogP contribution in [-0.2, 0) is 6.42 Å². The molecule has 0 saturated carbocycles. The molecule has 1 rings (SSSR count). The average Bonchev–Trinajstić information content (AvgIpc) is 2.16. The van der Waals surface area contributed by atoms with Crippen LogP contribution in [0.15, 0.2) is 24.3 Å². The van der Waals surface area contributed by atoms with E-state index < -0.39 is 0 Å². The molecule has 1 aromatic carbocycles. The summed E-state index contributed by atoms with van der Waals surface area (Å²) >= 11 is 0. The first-order valence-electron chi connectivity index (χ1n) is 4.91. The summed E-state index contributed by atoms with van der Waals surface area (Å²) in [5, 5.41) is 0. The second-order valence-corrected chi connectivity index (χ2v) is 3.69. The first-order valence-corrected chi connectivity index (χ1v) is 4.91. The van der Waals surface area contributed by atoms with Crippen molar-refractivity contribution in [3.05, 3.63) is 35.4 Å². The Bertz CT molecular complexity index is 266. The predicted octanol–water partition coefficient (Wildman–Crippen LogP) is 2.87. The van der Waals surface area contributed by atoms with Gasteiger partial charge in [-0.25, -0.2) is 0 Å². The lowest BCUT2D eigenvalue weighted by Gasteiger charge is -2.22. The molecule has 0 fully saturated rings. The van der Waals surface area contributed by atoms with Crippen LogP contribution in [0.2, 0.25) is 0 Å². The number of hydrogen-bond donors (Lipinski definition) is 0. The Balaban J connectivity index is 2.98. The zero-order chi connectivity index (χ0) is 9.84. The van der Waals surface area contributed by atoms with E-state index >= 15 is 0 Å². The van der Waals surface area contributed by atoms with Crippen LogP contribution in [0.25, 0.3) is 0 Å². The van der Waals surface area contributed by atoms with Crippen LogP contribution in [0.1, 0.15) is 31.0 Å². The lowest BCUT2D eigenvalue weighted by molar-refractivity contribution is 0.319. The normalized spacial score (nSPS) is 13.3. The molecule has 1 aromatic rings. The van der Waals surface area contributed by atoms with E-state index in [2.05, 4.69) is 57.1 Å². The summed E-state index contributed by atoms with van der Waals surface area (Å²) in [6, 6.07) is 9.19. The van der Waals surface area contributed by atoms with E-state index in [1.54, 1.807) is 0 Å². The molecule has 72 valence electrons. The fourth-order valence-corrected chi connectivity index (χ4v) is 1.54. The smallest absolute Gasteiger partial charge is 0.0316 e. The van der Waals surface area contributed by atoms with Crippen LogP contribution in [0, 0.1) is 0 Å². The third-order valence-corrected chi connectivity index (χ3v) is 2.66. The largest absolute Gasteiger partial charge is 0.303 e. The van der Waals surface area contributed by atoms with Crippen molar-refractivity contribution in [3.8, 4) is 0 Å². The molecular weight excluding hydrogens is 158 g/mol. The van der Waals surface area contributed by atoms with Gasteiger partial charge in [-0.1, -0.05) is 31.2 Å². The molecule has 0 N–H and O–H groups in total. The summed E-state index contributed by atoms with van der Waals surface area (Å²) in [6.45, 7) is 4.45. The van der Waals surface area contributed by atoms with Crippen LogP contribution in [-0.4, -0.2) is 19.0 Å². The Kier molecular flexibility index (Phi) is 3.49. The Morgan fingerprint density at radius 3 is 2.38 bits per heavy atom. The minimum Gasteiger partial charge on any atom is -0.303 e. The molecular formula is C12H19N. The van der Waals surface area contributed by atoms with E-state index in [1.807, 2.05) is 0 Å². The molecule has 0 radical (unpaired) electrons. The molecule has 0 spiro atoms. The van der Waals surface area contributed by atoms with Crippen molar-refractivity contribution in [3.63, 3.8) is 0 Å². The van der Waals surface area contributed by atoms with Gasteiger partial charge < -0.3 is 4.90 Å². The van der Waals surface area contributed by atoms with Crippen LogP contribution >= 0.6 is 0 Å². The van der Waals surface area contributed by atoms with E-state index in [4.69, 9.17) is 0 Å². The maximum Gasteiger partial charge on any atom is 0.0316 e. The summed E-state index contributed by atoms with van der Waals surface area (Å²) in [7, 11) is 4.24. The molecule has 1 nitrogen and oxygen atoms in total. The van der Waals surface area contributed by atoms with Crippen molar-refractivity contribution in [2.24, 2.45) is 0 Å². The van der Waals surface area contributed by atoms with Crippen molar-refractivity contribution >= 4 is 0 Å². The van der Waals surface area contributed by atoms with Crippen molar-refractivity contribution in [1.82, 2.24) is 4.90 Å². The van der Waals surface area contributed by atoms with Gasteiger partial charge in [-0.05, 0) is 38.6 Å². The van der Waals surface area contributed by atoms with Gasteiger partial charge in [0, 0.05) is 6.04 Å². The zero-order valence-corrected chi connectivity index (χ0v) is 9.04. The van der Waals surface area contributed by atoms with Gasteiger partial charge in [0.2, 0.25) is 0 Å². The first-order chi connectivity index (χ1) is 6.16. The van der Waals surface area contributed by atoms with Gasteiger partial charge in [0.1, 0.15) is 0 Å². The molecule has 0 bridgehead atoms. The molecule has 0 aliphatic heterocycles. The third kappa shape index (κ3) is 2.31. The Labute approximate surface area is 81.4 Å². The second kappa shape index (κ2) is 4.43. The quantitative estimate of drug-likeness (QED) is 0.686. The third-order valence-electron chi connectivity index (χ3n) is 2.66. The van der Waals surface area contributed by atoms with Gasteiger partial charge in [0.25, 0.3) is 0 Å². The summed E-state index contributed by atoms with van der Waals surface area (Å²) in [4.78, 5) is 2.24. The minimum atomic E-state index is 0.510. The SMILES string of the molecule is CCc1ccccc1C(C)N(C)C. The molecule has 0 aromatic heterocycles. The van der Waals surface area contributed by atoms with Crippen LogP contribution in [0.4, 0.5) is 0 Å². The molecule has 0 amide bonds. The number of aryl methyl sites for hydroxylation is 1. The van der Waals surface area contributed by atoms with Crippen molar-refractivity contribution in [1.29, 1.82) is 0 Å². The van der Waals surface area contributed by atoms with E-state index in [1.165, 1.54) is 11.1 Å². The summed E-state index contributed by atoms with van der Waals surface area (Å²) in [6.07, 6.45) is 1.12. The maximum atomic E-state index is 2.24. The van der Waals surface area contributed by atoms with Gasteiger partial charge in [-0.2, -0.15) is 0 Å². The van der Waals surface area contributed by atoms with Crippen molar-refractivity contribution in [2.75, 3.05) is 14.1 Å². The molecule has 1 atom stereocenters. The minimum absolute atomic E-state index is 0.510. The van der Waals surface area contributed by atoms with Crippen LogP contribution in [0.5, 0.6) is 0 Å². The van der Waals surface area contributed by atoms with E-state index in [9.17, 15) is 0 Å². The highest BCUT2D eigenvalue weighted by Crippen LogP contribution is 2.21. The molecule has 0 saturated heterocycles. The highest BCUT2D eigenvalue weighted by Gasteiger charge is 2.10. The van der Waals surface area contributed by atoms with E-state index in [0.717, 1.165) is 6.42 Å². The van der Waals surface area contributed by atoms with Gasteiger partial charge in [0.15, 0.2) is 0 Å². The lowest BCUT2D eigenvalue weighted by Crippen LogP contribution is -2.17. The Morgan fingerprint density at radius 2 is 1.85 bits per heavy atom. The average molecular weight is 177 g/mol. The highest BCUT2D eigenvalue weighted by molar-refractivity contribution is 5.29. The van der Waals surface area contributed by atoms with Gasteiger partial charge in [-0.3, -0.25) is 0 Å². The van der Waals surface area contributed by atoms with E-state index in [0.29, 0.717) is 6.04 Å². The summed E-state index contributed by atoms with van der Waals surface area (Å²) < 4.78 is 0. The maximum absolute atomic E-state index is 2.24. The van der Waals surface area contributed by atoms with Crippen molar-refractivity contribution in [2.45, 2.75) is 26.3 Å². The molecule has 13 heavy (non-hydrogen) atoms. The van der Waals surface area contributed by atoms with Crippen LogP contribution in [0.3, 0.4) is 0 Å². The monoisotopic (exact) mass is 177 g/mol. The second-order valence-electron chi connectivity index (χ2n) is 3.69. The Hall–Kier alpha value is -0.820. The molecule has 0 heterocycles. The molecule has 0 aliphatic carbocycles. The summed E-state index contributed by atoms with van der Waals surface area (Å²) in [5.74, 6) is 0. The van der Waals surface area contributed by atoms with Crippen LogP contribution < -0.4 is 0 Å². The predicted molar refractivity (Wildman–Crippen MR) is 57.9 cm³/mol. The van der Waals surface area contributed by atoms with Crippen molar-refractivity contribution < 1.29 is 0 Å². The van der Waals surface area contributed by atoms with Gasteiger partial charge in [0.05, 0.1) is 0 Å². The fraction of sp³-hybridized carbons (Fsp3) is 0.500. The topological polar surface area (TPSA) is 3.24 Å². The van der Waals surface area contributed by atoms with Gasteiger partial charge >= 0.3 is 0 Å². The van der Waals surface area contributed by atoms with E-state index in [-0.39, 0.29) is 0 Å². The lowest BCUT2D eigenvalue weighted by atomic mass is 9.99.